The molecule has 0 aliphatic rings. The van der Waals surface area contributed by atoms with E-state index < -0.39 is 0 Å². The van der Waals surface area contributed by atoms with Gasteiger partial charge >= 0.3 is 0 Å². The molecule has 2 heteroatoms. The summed E-state index contributed by atoms with van der Waals surface area (Å²) in [6.45, 7) is 9.42. The second kappa shape index (κ2) is 7.42. The van der Waals surface area contributed by atoms with E-state index in [1.54, 1.807) is 0 Å². The van der Waals surface area contributed by atoms with Gasteiger partial charge in [0.25, 0.3) is 0 Å². The van der Waals surface area contributed by atoms with Crippen LogP contribution in [-0.4, -0.2) is 19.7 Å². The Morgan fingerprint density at radius 2 is 1.83 bits per heavy atom. The topological polar surface area (TPSA) is 21.3 Å². The maximum absolute atomic E-state index is 5.96. The highest BCUT2D eigenvalue weighted by Crippen LogP contribution is 2.25. The third-order valence-electron chi connectivity index (χ3n) is 3.72. The minimum absolute atomic E-state index is 0.619. The molecule has 0 amide bonds. The first-order valence-corrected chi connectivity index (χ1v) is 6.97. The monoisotopic (exact) mass is 249 g/mol. The largest absolute Gasteiger partial charge is 0.493 e. The highest BCUT2D eigenvalue weighted by Gasteiger charge is 2.07. The van der Waals surface area contributed by atoms with Crippen molar-refractivity contribution in [2.45, 2.75) is 53.0 Å². The summed E-state index contributed by atoms with van der Waals surface area (Å²) < 4.78 is 5.96. The first-order chi connectivity index (χ1) is 8.60. The summed E-state index contributed by atoms with van der Waals surface area (Å²) in [6.07, 6.45) is 3.46. The fraction of sp³-hybridized carbons (Fsp3) is 0.625. The van der Waals surface area contributed by atoms with Crippen molar-refractivity contribution in [3.63, 3.8) is 0 Å². The zero-order valence-corrected chi connectivity index (χ0v) is 12.5. The molecule has 0 bridgehead atoms. The Morgan fingerprint density at radius 3 is 2.44 bits per heavy atom. The minimum Gasteiger partial charge on any atom is -0.493 e. The molecule has 2 nitrogen and oxygen atoms in total. The first-order valence-electron chi connectivity index (χ1n) is 6.97. The van der Waals surface area contributed by atoms with Crippen molar-refractivity contribution < 1.29 is 4.74 Å². The van der Waals surface area contributed by atoms with Crippen LogP contribution in [-0.2, 0) is 0 Å². The summed E-state index contributed by atoms with van der Waals surface area (Å²) in [5.74, 6) is 1.08. The Labute approximate surface area is 112 Å². The van der Waals surface area contributed by atoms with Crippen LogP contribution in [0.2, 0.25) is 0 Å². The molecule has 102 valence electrons. The van der Waals surface area contributed by atoms with Crippen LogP contribution < -0.4 is 10.1 Å². The van der Waals surface area contributed by atoms with Gasteiger partial charge in [0.2, 0.25) is 0 Å². The van der Waals surface area contributed by atoms with E-state index in [0.29, 0.717) is 6.04 Å². The van der Waals surface area contributed by atoms with Gasteiger partial charge in [0.15, 0.2) is 0 Å². The number of aryl methyl sites for hydroxylation is 2. The third kappa shape index (κ3) is 4.02. The van der Waals surface area contributed by atoms with Crippen LogP contribution in [0.4, 0.5) is 0 Å². The Bertz CT molecular complexity index is 370. The number of hydrogen-bond donors (Lipinski definition) is 1. The predicted octanol–water partition coefficient (Wildman–Crippen LogP) is 3.77. The second-order valence-corrected chi connectivity index (χ2v) is 5.04. The number of hydrogen-bond acceptors (Lipinski definition) is 2. The summed E-state index contributed by atoms with van der Waals surface area (Å²) >= 11 is 0. The van der Waals surface area contributed by atoms with Crippen LogP contribution in [0, 0.1) is 20.8 Å². The fourth-order valence-electron chi connectivity index (χ4n) is 2.20. The van der Waals surface area contributed by atoms with Gasteiger partial charge in [-0.2, -0.15) is 0 Å². The third-order valence-corrected chi connectivity index (χ3v) is 3.72. The van der Waals surface area contributed by atoms with Crippen LogP contribution in [0.25, 0.3) is 0 Å². The molecule has 0 spiro atoms. The van der Waals surface area contributed by atoms with E-state index in [1.165, 1.54) is 29.5 Å². The van der Waals surface area contributed by atoms with Crippen LogP contribution in [0.15, 0.2) is 12.1 Å². The van der Waals surface area contributed by atoms with Gasteiger partial charge in [0.05, 0.1) is 6.61 Å². The average Bonchev–Trinajstić information content (AvgIpc) is 2.38. The molecule has 1 unspecified atom stereocenters. The maximum Gasteiger partial charge on any atom is 0.125 e. The zero-order valence-electron chi connectivity index (χ0n) is 12.5. The maximum atomic E-state index is 5.96. The molecule has 1 aromatic rings. The molecule has 0 heterocycles. The Hall–Kier alpha value is -1.02. The summed E-state index contributed by atoms with van der Waals surface area (Å²) in [7, 11) is 2.03. The summed E-state index contributed by atoms with van der Waals surface area (Å²) in [6, 6.07) is 4.92. The molecular weight excluding hydrogens is 222 g/mol. The van der Waals surface area contributed by atoms with E-state index in [2.05, 4.69) is 45.1 Å². The first kappa shape index (κ1) is 15.0. The molecule has 0 aromatic heterocycles. The summed E-state index contributed by atoms with van der Waals surface area (Å²) in [5, 5.41) is 3.33. The van der Waals surface area contributed by atoms with Crippen molar-refractivity contribution in [1.82, 2.24) is 5.32 Å². The van der Waals surface area contributed by atoms with Crippen molar-refractivity contribution >= 4 is 0 Å². The normalized spacial score (nSPS) is 12.5. The highest BCUT2D eigenvalue weighted by atomic mass is 16.5. The van der Waals surface area contributed by atoms with E-state index >= 15 is 0 Å². The fourth-order valence-corrected chi connectivity index (χ4v) is 2.20. The lowest BCUT2D eigenvalue weighted by Crippen LogP contribution is -2.24. The quantitative estimate of drug-likeness (QED) is 0.743. The number of nitrogens with one attached hydrogen (secondary N) is 1. The van der Waals surface area contributed by atoms with Gasteiger partial charge in [-0.05, 0) is 63.8 Å². The number of rotatable bonds is 7. The summed E-state index contributed by atoms with van der Waals surface area (Å²) in [5.41, 5.74) is 3.81. The van der Waals surface area contributed by atoms with Crippen LogP contribution in [0.1, 0.15) is 42.9 Å². The smallest absolute Gasteiger partial charge is 0.125 e. The average molecular weight is 249 g/mol. The van der Waals surface area contributed by atoms with Gasteiger partial charge in [-0.15, -0.1) is 0 Å². The molecule has 0 aliphatic heterocycles. The van der Waals surface area contributed by atoms with Crippen molar-refractivity contribution in [3.8, 4) is 5.75 Å². The van der Waals surface area contributed by atoms with E-state index in [-0.39, 0.29) is 0 Å². The van der Waals surface area contributed by atoms with Gasteiger partial charge in [0, 0.05) is 6.04 Å². The number of benzene rings is 1. The van der Waals surface area contributed by atoms with Crippen LogP contribution in [0.3, 0.4) is 0 Å². The minimum atomic E-state index is 0.619. The molecule has 1 atom stereocenters. The highest BCUT2D eigenvalue weighted by molar-refractivity contribution is 5.44. The van der Waals surface area contributed by atoms with Crippen molar-refractivity contribution in [2.75, 3.05) is 13.7 Å². The Balaban J connectivity index is 2.47. The molecule has 0 fully saturated rings. The SMILES string of the molecule is CCC(CCCOc1c(C)ccc(C)c1C)NC. The van der Waals surface area contributed by atoms with E-state index in [4.69, 9.17) is 4.74 Å². The van der Waals surface area contributed by atoms with Gasteiger partial charge < -0.3 is 10.1 Å². The Kier molecular flexibility index (Phi) is 6.20. The molecule has 18 heavy (non-hydrogen) atoms. The van der Waals surface area contributed by atoms with Gasteiger partial charge in [-0.3, -0.25) is 0 Å². The lowest BCUT2D eigenvalue weighted by molar-refractivity contribution is 0.292. The van der Waals surface area contributed by atoms with Crippen molar-refractivity contribution in [2.24, 2.45) is 0 Å². The standard InChI is InChI=1S/C16H27NO/c1-6-15(17-5)8-7-11-18-16-13(3)10-9-12(2)14(16)4/h9-10,15,17H,6-8,11H2,1-5H3. The molecule has 0 saturated carbocycles. The van der Waals surface area contributed by atoms with Gasteiger partial charge in [-0.1, -0.05) is 19.1 Å². The lowest BCUT2D eigenvalue weighted by Gasteiger charge is -2.16. The molecule has 0 saturated heterocycles. The van der Waals surface area contributed by atoms with E-state index in [1.807, 2.05) is 7.05 Å². The van der Waals surface area contributed by atoms with E-state index in [0.717, 1.165) is 18.8 Å². The number of ether oxygens (including phenoxy) is 1. The van der Waals surface area contributed by atoms with Crippen molar-refractivity contribution in [1.29, 1.82) is 0 Å². The Morgan fingerprint density at radius 1 is 1.17 bits per heavy atom. The predicted molar refractivity (Wildman–Crippen MR) is 78.5 cm³/mol. The molecule has 1 aromatic carbocycles. The zero-order chi connectivity index (χ0) is 13.5. The van der Waals surface area contributed by atoms with Gasteiger partial charge in [-0.25, -0.2) is 0 Å². The lowest BCUT2D eigenvalue weighted by atomic mass is 10.1. The molecular formula is C16H27NO. The molecule has 0 radical (unpaired) electrons. The molecule has 1 rings (SSSR count). The molecule has 0 aliphatic carbocycles. The van der Waals surface area contributed by atoms with E-state index in [9.17, 15) is 0 Å². The van der Waals surface area contributed by atoms with Gasteiger partial charge in [0.1, 0.15) is 5.75 Å². The summed E-state index contributed by atoms with van der Waals surface area (Å²) in [4.78, 5) is 0. The van der Waals surface area contributed by atoms with Crippen LogP contribution >= 0.6 is 0 Å². The van der Waals surface area contributed by atoms with Crippen molar-refractivity contribution in [3.05, 3.63) is 28.8 Å². The molecule has 1 N–H and O–H groups in total. The van der Waals surface area contributed by atoms with Crippen LogP contribution in [0.5, 0.6) is 5.75 Å². The second-order valence-electron chi connectivity index (χ2n) is 5.04.